The fourth-order valence-corrected chi connectivity index (χ4v) is 0. The van der Waals surface area contributed by atoms with Crippen LogP contribution in [-0.4, -0.2) is 58.1 Å². The minimum atomic E-state index is 0. The molecule has 0 heterocycles. The Kier molecular flexibility index (Phi) is 10500. The zero-order valence-electron chi connectivity index (χ0n) is 1.73. The maximum Gasteiger partial charge on any atom is 0 e. The molecule has 0 aromatic carbocycles. The molecule has 0 aromatic rings. The highest BCUT2D eigenvalue weighted by atomic mass is 28.1. The van der Waals surface area contributed by atoms with Crippen molar-refractivity contribution in [3.8, 4) is 0 Å². The van der Waals surface area contributed by atoms with Crippen LogP contribution in [0.5, 0.6) is 0 Å². The minimum absolute atomic E-state index is 0. The van der Waals surface area contributed by atoms with Crippen molar-refractivity contribution >= 4 is 58.1 Å². The quantitative estimate of drug-likeness (QED) is 0.286. The van der Waals surface area contributed by atoms with Crippen molar-refractivity contribution in [2.24, 2.45) is 0 Å². The molecule has 0 unspecified atom stereocenters. The Balaban J connectivity index is 0. The fraction of sp³-hybridized carbons (Fsp3) is 0. The minimum Gasteiger partial charge on any atom is -0.0149 e. The first-order chi connectivity index (χ1) is 0. The van der Waals surface area contributed by atoms with Gasteiger partial charge in [0.25, 0.3) is 0 Å². The number of hydrogen-bond acceptors (Lipinski definition) is 0. The molecule has 6 heavy (non-hydrogen) atoms. The van der Waals surface area contributed by atoms with Gasteiger partial charge in [-0.3, -0.25) is 0 Å². The van der Waals surface area contributed by atoms with E-state index in [1.807, 2.05) is 0 Å². The third-order valence-electron chi connectivity index (χ3n) is 0. The zero-order chi connectivity index (χ0) is 0. The van der Waals surface area contributed by atoms with Gasteiger partial charge in [0, 0.05) is 25.2 Å². The third kappa shape index (κ3) is 100. The molecular weight excluding hydrogens is 117 g/mol. The van der Waals surface area contributed by atoms with E-state index in [-0.39, 0.29) is 58.1 Å². The predicted molar refractivity (Wildman–Crippen MR) is 51.3 cm³/mol. The van der Waals surface area contributed by atoms with Crippen LogP contribution in [0.4, 0.5) is 0 Å². The molecule has 33 valence electrons. The molecule has 0 spiro atoms. The summed E-state index contributed by atoms with van der Waals surface area (Å²) in [6.45, 7) is 0. The number of hydrogen-bond donors (Lipinski definition) is 0. The van der Waals surface area contributed by atoms with Gasteiger partial charge < -0.3 is 0 Å². The molecule has 0 nitrogen and oxygen atoms in total. The summed E-state index contributed by atoms with van der Waals surface area (Å²) in [6.07, 6.45) is 0. The molecule has 0 aliphatic carbocycles. The van der Waals surface area contributed by atoms with Crippen molar-refractivity contribution in [3.63, 3.8) is 0 Å². The highest BCUT2D eigenvalue weighted by Gasteiger charge is 0.00258. The van der Waals surface area contributed by atoms with E-state index < -0.39 is 0 Å². The predicted octanol–water partition coefficient (Wildman–Crippen LogP) is -5.50. The van der Waals surface area contributed by atoms with E-state index in [0.29, 0.717) is 0 Å². The third-order valence-corrected chi connectivity index (χ3v) is 0. The second-order valence-corrected chi connectivity index (χ2v) is 0. The van der Waals surface area contributed by atoms with Crippen LogP contribution in [0.3, 0.4) is 0 Å². The fourth-order valence-electron chi connectivity index (χ4n) is 0. The molecule has 0 fully saturated rings. The normalized spacial score (nSPS) is 0. The molecule has 0 aliphatic heterocycles. The first kappa shape index (κ1) is 327. The largest absolute Gasteiger partial charge is 0.0149 e. The van der Waals surface area contributed by atoms with Crippen molar-refractivity contribution < 1.29 is 0 Å². The average molecular weight is 129 g/mol. The summed E-state index contributed by atoms with van der Waals surface area (Å²) < 4.78 is 0. The Morgan fingerprint density at radius 1 is 0.333 bits per heavy atom. The van der Waals surface area contributed by atoms with Crippen LogP contribution >= 0.6 is 0 Å². The second-order valence-electron chi connectivity index (χ2n) is 0. The van der Waals surface area contributed by atoms with Crippen molar-refractivity contribution in [3.05, 3.63) is 0 Å². The molecule has 0 aliphatic rings. The zero-order valence-corrected chi connectivity index (χ0v) is 1.73. The Bertz CT molecular complexity index is 6.00. The van der Waals surface area contributed by atoms with Gasteiger partial charge in [0.2, 0.25) is 0 Å². The Morgan fingerprint density at radius 2 is 0.333 bits per heavy atom. The molecular formula is H12B3Si3. The lowest BCUT2D eigenvalue weighted by Gasteiger charge is -0.0159. The molecule has 6 heteroatoms. The summed E-state index contributed by atoms with van der Waals surface area (Å²) in [7, 11) is 0. The summed E-state index contributed by atoms with van der Waals surface area (Å²) in [5, 5.41) is 0. The number of rotatable bonds is 0. The molecule has 0 atom stereocenters. The first-order valence-electron chi connectivity index (χ1n) is 0. The van der Waals surface area contributed by atoms with Crippen molar-refractivity contribution in [1.82, 2.24) is 0 Å². The van der Waals surface area contributed by atoms with Crippen molar-refractivity contribution in [2.75, 3.05) is 0 Å². The highest BCUT2D eigenvalue weighted by molar-refractivity contribution is 5.76. The van der Waals surface area contributed by atoms with Gasteiger partial charge in [-0.25, -0.2) is 0 Å². The van der Waals surface area contributed by atoms with Gasteiger partial charge in [-0.05, 0) is 32.9 Å². The molecule has 0 saturated heterocycles. The Morgan fingerprint density at radius 3 is 0.333 bits per heavy atom. The lowest BCUT2D eigenvalue weighted by molar-refractivity contribution is 5.75. The van der Waals surface area contributed by atoms with Gasteiger partial charge in [-0.1, -0.05) is 0 Å². The van der Waals surface area contributed by atoms with Crippen LogP contribution in [0.15, 0.2) is 0 Å². The van der Waals surface area contributed by atoms with E-state index in [9.17, 15) is 0 Å². The Labute approximate surface area is 58.7 Å². The summed E-state index contributed by atoms with van der Waals surface area (Å²) >= 11 is 0. The molecule has 0 rings (SSSR count). The highest BCUT2D eigenvalue weighted by Crippen LogP contribution is -0.376. The van der Waals surface area contributed by atoms with E-state index in [2.05, 4.69) is 0 Å². The summed E-state index contributed by atoms with van der Waals surface area (Å²) in [5.74, 6) is 0. The van der Waals surface area contributed by atoms with Crippen molar-refractivity contribution in [2.45, 2.75) is 0 Å². The van der Waals surface area contributed by atoms with Gasteiger partial charge in [0.15, 0.2) is 0 Å². The molecule has 0 aromatic heterocycles. The van der Waals surface area contributed by atoms with Crippen LogP contribution in [0.1, 0.15) is 0 Å². The molecule has 0 N–H and O–H groups in total. The van der Waals surface area contributed by atoms with Gasteiger partial charge >= 0.3 is 0 Å². The van der Waals surface area contributed by atoms with E-state index in [1.165, 1.54) is 0 Å². The summed E-state index contributed by atoms with van der Waals surface area (Å²) in [4.78, 5) is 0. The van der Waals surface area contributed by atoms with Crippen LogP contribution < -0.4 is 0 Å². The average Bonchev–Trinajstić information content (AvgIpc) is 0. The van der Waals surface area contributed by atoms with Gasteiger partial charge in [-0.2, -0.15) is 0 Å². The SMILES string of the molecule is [B].[B].[B].[SiH4].[SiH4].[SiH4]. The van der Waals surface area contributed by atoms with Crippen LogP contribution in [0.25, 0.3) is 0 Å². The topological polar surface area (TPSA) is 0 Å². The lowest BCUT2D eigenvalue weighted by atomic mass is 10.8. The molecule has 0 bridgehead atoms. The monoisotopic (exact) mass is 129 g/mol. The molecule has 0 amide bonds. The van der Waals surface area contributed by atoms with E-state index in [1.54, 1.807) is 0 Å². The van der Waals surface area contributed by atoms with E-state index in [4.69, 9.17) is 0 Å². The lowest BCUT2D eigenvalue weighted by Crippen LogP contribution is -0.382. The standard InChI is InChI=1S/3B.3H4Si/h;;;3*1H4. The Hall–Kier alpha value is 0.845. The summed E-state index contributed by atoms with van der Waals surface area (Å²) in [6, 6.07) is 0. The first-order valence-corrected chi connectivity index (χ1v) is 0. The van der Waals surface area contributed by atoms with Gasteiger partial charge in [0.05, 0.1) is 0 Å². The van der Waals surface area contributed by atoms with Crippen molar-refractivity contribution in [1.29, 1.82) is 0 Å². The van der Waals surface area contributed by atoms with Gasteiger partial charge in [0.1, 0.15) is 0 Å². The van der Waals surface area contributed by atoms with E-state index in [0.717, 1.165) is 0 Å². The van der Waals surface area contributed by atoms with Crippen LogP contribution in [0.2, 0.25) is 0 Å². The molecule has 0 saturated carbocycles. The van der Waals surface area contributed by atoms with E-state index >= 15 is 0 Å². The maximum atomic E-state index is 0. The smallest absolute Gasteiger partial charge is 0 e. The second kappa shape index (κ2) is 192. The van der Waals surface area contributed by atoms with Crippen LogP contribution in [0, 0.1) is 0 Å². The van der Waals surface area contributed by atoms with Crippen LogP contribution in [-0.2, 0) is 0 Å². The maximum absolute atomic E-state index is 0. The van der Waals surface area contributed by atoms with Gasteiger partial charge in [-0.15, -0.1) is 0 Å². The summed E-state index contributed by atoms with van der Waals surface area (Å²) in [5.41, 5.74) is 0. The molecule has 9 radical (unpaired) electrons.